The van der Waals surface area contributed by atoms with Gasteiger partial charge in [-0.2, -0.15) is 0 Å². The number of likely N-dealkylation sites (tertiary alicyclic amines) is 1. The minimum Gasteiger partial charge on any atom is -0.474 e. The maximum absolute atomic E-state index is 12.6. The average Bonchev–Trinajstić information content (AvgIpc) is 2.68. The number of piperidine rings is 1. The molecule has 1 fully saturated rings. The standard InChI is InChI=1S/C20H28ClN3O5/c1-5-28-20(27)14-6-8-24(9-7-14)17(25)12-23(4)19(26)15-10-16(21)18(22-11-15)29-13(2)3/h10-11,13-14H,5-9,12H2,1-4H3. The zero-order chi connectivity index (χ0) is 21.6. The van der Waals surface area contributed by atoms with E-state index in [4.69, 9.17) is 21.1 Å². The number of carbonyl (C=O) groups excluding carboxylic acids is 3. The Balaban J connectivity index is 1.90. The number of rotatable bonds is 7. The van der Waals surface area contributed by atoms with E-state index >= 15 is 0 Å². The topological polar surface area (TPSA) is 89.0 Å². The molecule has 1 aliphatic rings. The van der Waals surface area contributed by atoms with Crippen LogP contribution in [0, 0.1) is 5.92 Å². The van der Waals surface area contributed by atoms with Gasteiger partial charge in [-0.05, 0) is 39.7 Å². The lowest BCUT2D eigenvalue weighted by molar-refractivity contribution is -0.151. The second-order valence-corrected chi connectivity index (χ2v) is 7.65. The maximum Gasteiger partial charge on any atom is 0.309 e. The lowest BCUT2D eigenvalue weighted by Crippen LogP contribution is -2.45. The van der Waals surface area contributed by atoms with Crippen molar-refractivity contribution in [3.8, 4) is 5.88 Å². The van der Waals surface area contributed by atoms with Gasteiger partial charge in [-0.15, -0.1) is 0 Å². The van der Waals surface area contributed by atoms with Crippen LogP contribution < -0.4 is 4.74 Å². The highest BCUT2D eigenvalue weighted by atomic mass is 35.5. The average molecular weight is 426 g/mol. The van der Waals surface area contributed by atoms with E-state index in [1.165, 1.54) is 17.2 Å². The number of likely N-dealkylation sites (N-methyl/N-ethyl adjacent to an activating group) is 1. The first-order valence-electron chi connectivity index (χ1n) is 9.75. The molecule has 8 nitrogen and oxygen atoms in total. The molecule has 2 amide bonds. The minimum atomic E-state index is -0.356. The third-order valence-corrected chi connectivity index (χ3v) is 4.86. The van der Waals surface area contributed by atoms with Gasteiger partial charge in [-0.25, -0.2) is 4.98 Å². The number of ether oxygens (including phenoxy) is 2. The highest BCUT2D eigenvalue weighted by Crippen LogP contribution is 2.24. The van der Waals surface area contributed by atoms with Crippen LogP contribution in [0.1, 0.15) is 44.0 Å². The SMILES string of the molecule is CCOC(=O)C1CCN(C(=O)CN(C)C(=O)c2cnc(OC(C)C)c(Cl)c2)CC1. The molecule has 1 aromatic rings. The third kappa shape index (κ3) is 6.32. The van der Waals surface area contributed by atoms with Crippen molar-refractivity contribution in [2.75, 3.05) is 33.3 Å². The van der Waals surface area contributed by atoms with Gasteiger partial charge in [-0.1, -0.05) is 11.6 Å². The van der Waals surface area contributed by atoms with Crippen LogP contribution in [0.3, 0.4) is 0 Å². The Kier molecular flexibility index (Phi) is 8.25. The van der Waals surface area contributed by atoms with Gasteiger partial charge in [0.2, 0.25) is 11.8 Å². The van der Waals surface area contributed by atoms with Gasteiger partial charge >= 0.3 is 5.97 Å². The van der Waals surface area contributed by atoms with Gasteiger partial charge in [0.15, 0.2) is 0 Å². The van der Waals surface area contributed by atoms with Crippen molar-refractivity contribution in [1.82, 2.24) is 14.8 Å². The molecule has 0 atom stereocenters. The molecule has 0 saturated carbocycles. The van der Waals surface area contributed by atoms with E-state index in [9.17, 15) is 14.4 Å². The Labute approximate surface area is 176 Å². The summed E-state index contributed by atoms with van der Waals surface area (Å²) in [5.41, 5.74) is 0.280. The lowest BCUT2D eigenvalue weighted by Gasteiger charge is -2.32. The Morgan fingerprint density at radius 1 is 1.31 bits per heavy atom. The summed E-state index contributed by atoms with van der Waals surface area (Å²) in [5.74, 6) is -0.632. The number of hydrogen-bond acceptors (Lipinski definition) is 6. The van der Waals surface area contributed by atoms with Gasteiger partial charge in [0, 0.05) is 26.3 Å². The smallest absolute Gasteiger partial charge is 0.309 e. The molecule has 9 heteroatoms. The molecule has 1 aromatic heterocycles. The van der Waals surface area contributed by atoms with Gasteiger partial charge in [0.05, 0.1) is 30.7 Å². The fourth-order valence-corrected chi connectivity index (χ4v) is 3.28. The number of aromatic nitrogens is 1. The van der Waals surface area contributed by atoms with Crippen molar-refractivity contribution in [3.05, 3.63) is 22.8 Å². The van der Waals surface area contributed by atoms with Gasteiger partial charge < -0.3 is 19.3 Å². The third-order valence-electron chi connectivity index (χ3n) is 4.59. The first-order chi connectivity index (χ1) is 13.7. The summed E-state index contributed by atoms with van der Waals surface area (Å²) in [7, 11) is 1.55. The number of carbonyl (C=O) groups is 3. The van der Waals surface area contributed by atoms with Gasteiger partial charge in [-0.3, -0.25) is 14.4 Å². The van der Waals surface area contributed by atoms with Gasteiger partial charge in [0.1, 0.15) is 5.02 Å². The first kappa shape index (κ1) is 22.9. The molecule has 0 aliphatic carbocycles. The van der Waals surface area contributed by atoms with Crippen molar-refractivity contribution in [2.24, 2.45) is 5.92 Å². The van der Waals surface area contributed by atoms with Crippen LogP contribution >= 0.6 is 11.6 Å². The van der Waals surface area contributed by atoms with E-state index in [0.29, 0.717) is 32.5 Å². The molecule has 160 valence electrons. The molecule has 0 N–H and O–H groups in total. The Morgan fingerprint density at radius 2 is 1.97 bits per heavy atom. The fourth-order valence-electron chi connectivity index (χ4n) is 3.07. The minimum absolute atomic E-state index is 0.0647. The van der Waals surface area contributed by atoms with E-state index in [-0.39, 0.29) is 52.8 Å². The van der Waals surface area contributed by atoms with Crippen LogP contribution in [0.25, 0.3) is 0 Å². The molecule has 0 radical (unpaired) electrons. The summed E-state index contributed by atoms with van der Waals surface area (Å²) in [4.78, 5) is 44.1. The predicted octanol–water partition coefficient (Wildman–Crippen LogP) is 2.40. The first-order valence-corrected chi connectivity index (χ1v) is 10.1. The molecule has 1 saturated heterocycles. The fraction of sp³-hybridized carbons (Fsp3) is 0.600. The van der Waals surface area contributed by atoms with Crippen LogP contribution in [-0.4, -0.2) is 72.0 Å². The molecular formula is C20H28ClN3O5. The number of pyridine rings is 1. The normalized spacial score (nSPS) is 14.6. The van der Waals surface area contributed by atoms with Crippen molar-refractivity contribution in [1.29, 1.82) is 0 Å². The number of amides is 2. The zero-order valence-corrected chi connectivity index (χ0v) is 18.1. The van der Waals surface area contributed by atoms with Crippen LogP contribution in [0.5, 0.6) is 5.88 Å². The summed E-state index contributed by atoms with van der Waals surface area (Å²) in [6.45, 7) is 6.71. The highest BCUT2D eigenvalue weighted by molar-refractivity contribution is 6.32. The predicted molar refractivity (Wildman–Crippen MR) is 108 cm³/mol. The molecule has 0 bridgehead atoms. The zero-order valence-electron chi connectivity index (χ0n) is 17.3. The summed E-state index contributed by atoms with van der Waals surface area (Å²) in [6.07, 6.45) is 2.44. The summed E-state index contributed by atoms with van der Waals surface area (Å²) < 4.78 is 10.5. The lowest BCUT2D eigenvalue weighted by atomic mass is 9.97. The second-order valence-electron chi connectivity index (χ2n) is 7.25. The van der Waals surface area contributed by atoms with Crippen LogP contribution in [0.15, 0.2) is 12.3 Å². The van der Waals surface area contributed by atoms with Crippen LogP contribution in [0.2, 0.25) is 5.02 Å². The van der Waals surface area contributed by atoms with Crippen molar-refractivity contribution in [2.45, 2.75) is 39.7 Å². The second kappa shape index (κ2) is 10.4. The Bertz CT molecular complexity index is 748. The quantitative estimate of drug-likeness (QED) is 0.623. The summed E-state index contributed by atoms with van der Waals surface area (Å²) in [5, 5.41) is 0.241. The number of esters is 1. The van der Waals surface area contributed by atoms with Crippen LogP contribution in [-0.2, 0) is 14.3 Å². The number of nitrogens with zero attached hydrogens (tertiary/aromatic N) is 3. The number of hydrogen-bond donors (Lipinski definition) is 0. The van der Waals surface area contributed by atoms with E-state index in [1.54, 1.807) is 18.9 Å². The van der Waals surface area contributed by atoms with E-state index in [1.807, 2.05) is 13.8 Å². The van der Waals surface area contributed by atoms with E-state index < -0.39 is 0 Å². The molecule has 2 heterocycles. The summed E-state index contributed by atoms with van der Waals surface area (Å²) in [6, 6.07) is 1.49. The molecule has 0 aromatic carbocycles. The Hall–Kier alpha value is -2.35. The monoisotopic (exact) mass is 425 g/mol. The van der Waals surface area contributed by atoms with E-state index in [2.05, 4.69) is 4.98 Å². The van der Waals surface area contributed by atoms with Crippen molar-refractivity contribution in [3.63, 3.8) is 0 Å². The maximum atomic E-state index is 12.6. The molecule has 0 unspecified atom stereocenters. The van der Waals surface area contributed by atoms with Gasteiger partial charge in [0.25, 0.3) is 5.91 Å². The molecule has 1 aliphatic heterocycles. The Morgan fingerprint density at radius 3 is 2.52 bits per heavy atom. The van der Waals surface area contributed by atoms with E-state index in [0.717, 1.165) is 0 Å². The van der Waals surface area contributed by atoms with Crippen molar-refractivity contribution < 1.29 is 23.9 Å². The number of halogens is 1. The molecule has 0 spiro atoms. The highest BCUT2D eigenvalue weighted by Gasteiger charge is 2.29. The largest absolute Gasteiger partial charge is 0.474 e. The molecular weight excluding hydrogens is 398 g/mol. The molecule has 29 heavy (non-hydrogen) atoms. The van der Waals surface area contributed by atoms with Crippen molar-refractivity contribution >= 4 is 29.4 Å². The summed E-state index contributed by atoms with van der Waals surface area (Å²) >= 11 is 6.14. The van der Waals surface area contributed by atoms with Crippen LogP contribution in [0.4, 0.5) is 0 Å². The molecule has 2 rings (SSSR count).